The molecule has 0 aliphatic heterocycles. The Balaban J connectivity index is 2.66. The molecule has 0 radical (unpaired) electrons. The minimum Gasteiger partial charge on any atom is -0.398 e. The third kappa shape index (κ3) is 1.91. The van der Waals surface area contributed by atoms with E-state index >= 15 is 0 Å². The number of nitrogens with two attached hydrogens (primary N) is 1. The van der Waals surface area contributed by atoms with Gasteiger partial charge in [0.25, 0.3) is 0 Å². The normalized spacial score (nSPS) is 10.4. The zero-order chi connectivity index (χ0) is 11.7. The fraction of sp³-hybridized carbons (Fsp3) is 0.143. The maximum Gasteiger partial charge on any atom is 0.131 e. The maximum absolute atomic E-state index is 13.7. The van der Waals surface area contributed by atoms with E-state index in [9.17, 15) is 4.39 Å². The lowest BCUT2D eigenvalue weighted by Gasteiger charge is -2.09. The molecule has 2 aromatic carbocycles. The molecule has 2 heteroatoms. The molecule has 0 heterocycles. The molecule has 0 aliphatic carbocycles. The fourth-order valence-corrected chi connectivity index (χ4v) is 1.75. The predicted octanol–water partition coefficient (Wildman–Crippen LogP) is 3.69. The van der Waals surface area contributed by atoms with E-state index in [1.807, 2.05) is 38.1 Å². The summed E-state index contributed by atoms with van der Waals surface area (Å²) < 4.78 is 13.7. The predicted molar refractivity (Wildman–Crippen MR) is 65.7 cm³/mol. The Morgan fingerprint density at radius 3 is 2.12 bits per heavy atom. The van der Waals surface area contributed by atoms with Crippen LogP contribution < -0.4 is 5.73 Å². The first-order valence-corrected chi connectivity index (χ1v) is 5.20. The number of benzene rings is 2. The molecule has 2 aromatic rings. The summed E-state index contributed by atoms with van der Waals surface area (Å²) in [6, 6.07) is 10.7. The molecule has 1 nitrogen and oxygen atoms in total. The average Bonchev–Trinajstić information content (AvgIpc) is 2.25. The Kier molecular flexibility index (Phi) is 2.65. The summed E-state index contributed by atoms with van der Waals surface area (Å²) in [5.41, 5.74) is 9.92. The molecule has 0 spiro atoms. The minimum absolute atomic E-state index is 0.233. The average molecular weight is 215 g/mol. The number of hydrogen-bond donors (Lipinski definition) is 1. The molecule has 0 amide bonds. The molecule has 0 unspecified atom stereocenters. The van der Waals surface area contributed by atoms with Crippen LogP contribution >= 0.6 is 0 Å². The van der Waals surface area contributed by atoms with Crippen molar-refractivity contribution >= 4 is 5.69 Å². The van der Waals surface area contributed by atoms with Crippen molar-refractivity contribution in [1.29, 1.82) is 0 Å². The van der Waals surface area contributed by atoms with Gasteiger partial charge in [0.05, 0.1) is 0 Å². The van der Waals surface area contributed by atoms with Crippen molar-refractivity contribution in [3.8, 4) is 11.1 Å². The van der Waals surface area contributed by atoms with Crippen LogP contribution in [-0.4, -0.2) is 0 Å². The van der Waals surface area contributed by atoms with Crippen LogP contribution in [0.1, 0.15) is 11.1 Å². The highest BCUT2D eigenvalue weighted by atomic mass is 19.1. The van der Waals surface area contributed by atoms with Gasteiger partial charge >= 0.3 is 0 Å². The van der Waals surface area contributed by atoms with Crippen molar-refractivity contribution in [1.82, 2.24) is 0 Å². The molecular weight excluding hydrogens is 201 g/mol. The third-order valence-electron chi connectivity index (χ3n) is 2.62. The van der Waals surface area contributed by atoms with Gasteiger partial charge in [-0.05, 0) is 38.1 Å². The first-order valence-electron chi connectivity index (χ1n) is 5.20. The van der Waals surface area contributed by atoms with E-state index in [4.69, 9.17) is 5.73 Å². The number of aryl methyl sites for hydroxylation is 2. The highest BCUT2D eigenvalue weighted by molar-refractivity contribution is 5.77. The molecule has 0 fully saturated rings. The number of rotatable bonds is 1. The van der Waals surface area contributed by atoms with E-state index in [-0.39, 0.29) is 5.82 Å². The molecule has 0 saturated carbocycles. The maximum atomic E-state index is 13.7. The van der Waals surface area contributed by atoms with Crippen molar-refractivity contribution in [3.63, 3.8) is 0 Å². The molecule has 0 atom stereocenters. The molecule has 0 aliphatic rings. The van der Waals surface area contributed by atoms with Crippen molar-refractivity contribution in [3.05, 3.63) is 53.3 Å². The zero-order valence-electron chi connectivity index (χ0n) is 9.42. The SMILES string of the molecule is Cc1ccc(N)c(-c2cc(C)ccc2F)c1. The number of anilines is 1. The van der Waals surface area contributed by atoms with Gasteiger partial charge < -0.3 is 5.73 Å². The molecule has 16 heavy (non-hydrogen) atoms. The summed E-state index contributed by atoms with van der Waals surface area (Å²) in [5.74, 6) is -0.233. The second-order valence-corrected chi connectivity index (χ2v) is 4.07. The van der Waals surface area contributed by atoms with Crippen molar-refractivity contribution < 1.29 is 4.39 Å². The quantitative estimate of drug-likeness (QED) is 0.721. The summed E-state index contributed by atoms with van der Waals surface area (Å²) in [5, 5.41) is 0. The molecule has 82 valence electrons. The van der Waals surface area contributed by atoms with Crippen LogP contribution in [0.25, 0.3) is 11.1 Å². The summed E-state index contributed by atoms with van der Waals surface area (Å²) in [7, 11) is 0. The highest BCUT2D eigenvalue weighted by Gasteiger charge is 2.08. The summed E-state index contributed by atoms with van der Waals surface area (Å²) in [6.07, 6.45) is 0. The van der Waals surface area contributed by atoms with Gasteiger partial charge in [-0.2, -0.15) is 0 Å². The molecule has 0 saturated heterocycles. The fourth-order valence-electron chi connectivity index (χ4n) is 1.75. The molecular formula is C14H14FN. The minimum atomic E-state index is -0.233. The van der Waals surface area contributed by atoms with E-state index in [1.54, 1.807) is 6.07 Å². The van der Waals surface area contributed by atoms with Gasteiger partial charge in [0.2, 0.25) is 0 Å². The molecule has 0 bridgehead atoms. The molecule has 0 aromatic heterocycles. The number of hydrogen-bond acceptors (Lipinski definition) is 1. The van der Waals surface area contributed by atoms with Gasteiger partial charge in [-0.25, -0.2) is 4.39 Å². The lowest BCUT2D eigenvalue weighted by molar-refractivity contribution is 0.631. The zero-order valence-corrected chi connectivity index (χ0v) is 9.42. The largest absolute Gasteiger partial charge is 0.398 e. The Morgan fingerprint density at radius 2 is 1.44 bits per heavy atom. The second kappa shape index (κ2) is 3.97. The molecule has 2 N–H and O–H groups in total. The lowest BCUT2D eigenvalue weighted by Crippen LogP contribution is -1.93. The smallest absolute Gasteiger partial charge is 0.131 e. The summed E-state index contributed by atoms with van der Waals surface area (Å²) >= 11 is 0. The van der Waals surface area contributed by atoms with Gasteiger partial charge in [0.15, 0.2) is 0 Å². The highest BCUT2D eigenvalue weighted by Crippen LogP contribution is 2.29. The van der Waals surface area contributed by atoms with Crippen LogP contribution in [0.4, 0.5) is 10.1 Å². The van der Waals surface area contributed by atoms with Crippen LogP contribution in [0, 0.1) is 19.7 Å². The summed E-state index contributed by atoms with van der Waals surface area (Å²) in [4.78, 5) is 0. The topological polar surface area (TPSA) is 26.0 Å². The monoisotopic (exact) mass is 215 g/mol. The van der Waals surface area contributed by atoms with Crippen LogP contribution in [-0.2, 0) is 0 Å². The number of halogens is 1. The summed E-state index contributed by atoms with van der Waals surface area (Å²) in [6.45, 7) is 3.91. The Hall–Kier alpha value is -1.83. The van der Waals surface area contributed by atoms with Crippen LogP contribution in [0.2, 0.25) is 0 Å². The van der Waals surface area contributed by atoms with Crippen LogP contribution in [0.5, 0.6) is 0 Å². The second-order valence-electron chi connectivity index (χ2n) is 4.07. The van der Waals surface area contributed by atoms with Gasteiger partial charge in [0.1, 0.15) is 5.82 Å². The van der Waals surface area contributed by atoms with E-state index in [0.29, 0.717) is 11.3 Å². The third-order valence-corrected chi connectivity index (χ3v) is 2.62. The van der Waals surface area contributed by atoms with Gasteiger partial charge in [-0.15, -0.1) is 0 Å². The van der Waals surface area contributed by atoms with E-state index < -0.39 is 0 Å². The van der Waals surface area contributed by atoms with Crippen molar-refractivity contribution in [2.45, 2.75) is 13.8 Å². The Morgan fingerprint density at radius 1 is 0.875 bits per heavy atom. The van der Waals surface area contributed by atoms with Gasteiger partial charge in [-0.3, -0.25) is 0 Å². The van der Waals surface area contributed by atoms with E-state index in [0.717, 1.165) is 16.7 Å². The first kappa shape index (κ1) is 10.7. The first-order chi connectivity index (χ1) is 7.58. The van der Waals surface area contributed by atoms with E-state index in [1.165, 1.54) is 6.07 Å². The molecule has 2 rings (SSSR count). The Labute approximate surface area is 94.7 Å². The number of nitrogen functional groups attached to an aromatic ring is 1. The van der Waals surface area contributed by atoms with Crippen molar-refractivity contribution in [2.24, 2.45) is 0 Å². The van der Waals surface area contributed by atoms with Gasteiger partial charge in [0, 0.05) is 16.8 Å². The van der Waals surface area contributed by atoms with E-state index in [2.05, 4.69) is 0 Å². The van der Waals surface area contributed by atoms with Crippen LogP contribution in [0.15, 0.2) is 36.4 Å². The lowest BCUT2D eigenvalue weighted by atomic mass is 9.99. The van der Waals surface area contributed by atoms with Crippen LogP contribution in [0.3, 0.4) is 0 Å². The van der Waals surface area contributed by atoms with Crippen molar-refractivity contribution in [2.75, 3.05) is 5.73 Å². The van der Waals surface area contributed by atoms with Gasteiger partial charge in [-0.1, -0.05) is 23.3 Å². The Bertz CT molecular complexity index is 483. The standard InChI is InChI=1S/C14H14FN/c1-9-3-5-13(15)11(7-9)12-8-10(2)4-6-14(12)16/h3-8H,16H2,1-2H3.